The van der Waals surface area contributed by atoms with Gasteiger partial charge in [0.05, 0.1) is 15.6 Å². The predicted molar refractivity (Wildman–Crippen MR) is 72.3 cm³/mol. The zero-order valence-corrected chi connectivity index (χ0v) is 10.9. The molecule has 0 saturated carbocycles. The van der Waals surface area contributed by atoms with Crippen LogP contribution in [-0.2, 0) is 4.79 Å². The zero-order chi connectivity index (χ0) is 13.8. The van der Waals surface area contributed by atoms with E-state index in [1.165, 1.54) is 18.2 Å². The fourth-order valence-electron chi connectivity index (χ4n) is 2.07. The number of nitrogens with one attached hydrogen (secondary N) is 2. The summed E-state index contributed by atoms with van der Waals surface area (Å²) in [6.07, 6.45) is 1.42. The van der Waals surface area contributed by atoms with Crippen LogP contribution in [0.2, 0.25) is 5.02 Å². The molecule has 2 rings (SSSR count). The van der Waals surface area contributed by atoms with Crippen molar-refractivity contribution in [3.05, 3.63) is 33.3 Å². The van der Waals surface area contributed by atoms with Crippen molar-refractivity contribution in [3.8, 4) is 0 Å². The Hall–Kier alpha value is -1.66. The maximum absolute atomic E-state index is 11.8. The second kappa shape index (κ2) is 5.99. The van der Waals surface area contributed by atoms with E-state index in [0.29, 0.717) is 18.0 Å². The van der Waals surface area contributed by atoms with Gasteiger partial charge >= 0.3 is 0 Å². The topological polar surface area (TPSA) is 84.3 Å². The van der Waals surface area contributed by atoms with Crippen molar-refractivity contribution < 1.29 is 9.72 Å². The van der Waals surface area contributed by atoms with Gasteiger partial charge < -0.3 is 10.6 Å². The molecule has 1 fully saturated rings. The summed E-state index contributed by atoms with van der Waals surface area (Å²) in [4.78, 5) is 21.9. The molecule has 0 aromatic heterocycles. The van der Waals surface area contributed by atoms with Crippen molar-refractivity contribution in [2.75, 3.05) is 18.4 Å². The van der Waals surface area contributed by atoms with Gasteiger partial charge in [-0.2, -0.15) is 0 Å². The third-order valence-electron chi connectivity index (χ3n) is 3.07. The van der Waals surface area contributed by atoms with Gasteiger partial charge in [0, 0.05) is 18.6 Å². The van der Waals surface area contributed by atoms with Gasteiger partial charge in [0.2, 0.25) is 5.91 Å². The molecule has 1 unspecified atom stereocenters. The van der Waals surface area contributed by atoms with Crippen LogP contribution in [0.3, 0.4) is 0 Å². The molecular formula is C12H14ClN3O3. The van der Waals surface area contributed by atoms with E-state index in [4.69, 9.17) is 11.6 Å². The summed E-state index contributed by atoms with van der Waals surface area (Å²) in [5.74, 6) is 0.223. The Morgan fingerprint density at radius 3 is 2.95 bits per heavy atom. The summed E-state index contributed by atoms with van der Waals surface area (Å²) in [6, 6.07) is 4.00. The first-order chi connectivity index (χ1) is 9.06. The number of nitro benzene ring substituents is 1. The van der Waals surface area contributed by atoms with Gasteiger partial charge in [-0.3, -0.25) is 14.9 Å². The fourth-order valence-corrected chi connectivity index (χ4v) is 2.29. The predicted octanol–water partition coefficient (Wildman–Crippen LogP) is 2.19. The van der Waals surface area contributed by atoms with Crippen molar-refractivity contribution in [3.63, 3.8) is 0 Å². The minimum absolute atomic E-state index is 0.0945. The summed E-state index contributed by atoms with van der Waals surface area (Å²) < 4.78 is 0. The van der Waals surface area contributed by atoms with Crippen LogP contribution in [0, 0.1) is 16.0 Å². The molecule has 0 bridgehead atoms. The number of carbonyl (C=O) groups is 1. The molecule has 1 aromatic carbocycles. The maximum atomic E-state index is 11.8. The van der Waals surface area contributed by atoms with E-state index >= 15 is 0 Å². The van der Waals surface area contributed by atoms with E-state index in [-0.39, 0.29) is 16.6 Å². The van der Waals surface area contributed by atoms with Crippen LogP contribution < -0.4 is 10.6 Å². The van der Waals surface area contributed by atoms with E-state index in [2.05, 4.69) is 10.6 Å². The molecule has 0 aliphatic carbocycles. The van der Waals surface area contributed by atoms with Crippen LogP contribution in [0.5, 0.6) is 0 Å². The molecule has 19 heavy (non-hydrogen) atoms. The number of hydrogen-bond donors (Lipinski definition) is 2. The molecule has 1 aliphatic heterocycles. The number of carbonyl (C=O) groups excluding carboxylic acids is 1. The van der Waals surface area contributed by atoms with Crippen molar-refractivity contribution in [2.45, 2.75) is 12.8 Å². The third kappa shape index (κ3) is 3.65. The van der Waals surface area contributed by atoms with Gasteiger partial charge in [0.1, 0.15) is 0 Å². The van der Waals surface area contributed by atoms with Crippen LogP contribution in [0.25, 0.3) is 0 Å². The lowest BCUT2D eigenvalue weighted by Gasteiger charge is -2.10. The average Bonchev–Trinajstić information content (AvgIpc) is 2.84. The number of halogens is 1. The quantitative estimate of drug-likeness (QED) is 0.655. The Morgan fingerprint density at radius 2 is 2.37 bits per heavy atom. The molecule has 1 aliphatic rings. The lowest BCUT2D eigenvalue weighted by molar-refractivity contribution is -0.384. The Kier molecular flexibility index (Phi) is 4.34. The molecule has 1 saturated heterocycles. The monoisotopic (exact) mass is 283 g/mol. The molecule has 0 spiro atoms. The van der Waals surface area contributed by atoms with Crippen molar-refractivity contribution in [1.82, 2.24) is 5.32 Å². The van der Waals surface area contributed by atoms with Crippen molar-refractivity contribution in [2.24, 2.45) is 5.92 Å². The van der Waals surface area contributed by atoms with Gasteiger partial charge in [-0.05, 0) is 31.5 Å². The average molecular weight is 284 g/mol. The summed E-state index contributed by atoms with van der Waals surface area (Å²) in [7, 11) is 0. The minimum atomic E-state index is -0.526. The number of nitro groups is 1. The van der Waals surface area contributed by atoms with Crippen LogP contribution in [0.15, 0.2) is 18.2 Å². The van der Waals surface area contributed by atoms with E-state index in [9.17, 15) is 14.9 Å². The molecule has 102 valence electrons. The number of amides is 1. The largest absolute Gasteiger partial charge is 0.325 e. The van der Waals surface area contributed by atoms with Gasteiger partial charge in [0.15, 0.2) is 0 Å². The van der Waals surface area contributed by atoms with E-state index in [1.807, 2.05) is 0 Å². The number of benzene rings is 1. The van der Waals surface area contributed by atoms with Crippen LogP contribution >= 0.6 is 11.6 Å². The second-order valence-corrected chi connectivity index (χ2v) is 4.94. The second-order valence-electron chi connectivity index (χ2n) is 4.53. The first kappa shape index (κ1) is 13.8. The summed E-state index contributed by atoms with van der Waals surface area (Å²) in [6.45, 7) is 1.79. The molecule has 7 heteroatoms. The van der Waals surface area contributed by atoms with Gasteiger partial charge in [0.25, 0.3) is 5.69 Å². The maximum Gasteiger partial charge on any atom is 0.271 e. The molecule has 0 radical (unpaired) electrons. The highest BCUT2D eigenvalue weighted by atomic mass is 35.5. The summed E-state index contributed by atoms with van der Waals surface area (Å²) >= 11 is 5.90. The first-order valence-corrected chi connectivity index (χ1v) is 6.38. The Balaban J connectivity index is 1.98. The summed E-state index contributed by atoms with van der Waals surface area (Å²) in [5.41, 5.74) is 0.311. The highest BCUT2D eigenvalue weighted by Crippen LogP contribution is 2.27. The number of anilines is 1. The standard InChI is InChI=1S/C12H14ClN3O3/c13-10-6-9(16(18)19)1-2-11(10)15-12(17)5-8-3-4-14-7-8/h1-2,6,8,14H,3-5,7H2,(H,15,17). The van der Waals surface area contributed by atoms with Crippen LogP contribution in [0.1, 0.15) is 12.8 Å². The lowest BCUT2D eigenvalue weighted by Crippen LogP contribution is -2.18. The zero-order valence-electron chi connectivity index (χ0n) is 10.2. The SMILES string of the molecule is O=C(CC1CCNC1)Nc1ccc([N+](=O)[O-])cc1Cl. The lowest BCUT2D eigenvalue weighted by atomic mass is 10.0. The highest BCUT2D eigenvalue weighted by molar-refractivity contribution is 6.33. The normalized spacial score (nSPS) is 18.3. The molecule has 1 heterocycles. The third-order valence-corrected chi connectivity index (χ3v) is 3.39. The number of nitrogens with zero attached hydrogens (tertiary/aromatic N) is 1. The van der Waals surface area contributed by atoms with Gasteiger partial charge in [-0.15, -0.1) is 0 Å². The number of rotatable bonds is 4. The molecule has 6 nitrogen and oxygen atoms in total. The Bertz CT molecular complexity index is 501. The minimum Gasteiger partial charge on any atom is -0.325 e. The van der Waals surface area contributed by atoms with Crippen LogP contribution in [0.4, 0.5) is 11.4 Å². The van der Waals surface area contributed by atoms with E-state index in [1.54, 1.807) is 0 Å². The molecule has 2 N–H and O–H groups in total. The molecular weight excluding hydrogens is 270 g/mol. The first-order valence-electron chi connectivity index (χ1n) is 6.01. The van der Waals surface area contributed by atoms with Crippen molar-refractivity contribution in [1.29, 1.82) is 0 Å². The molecule has 1 amide bonds. The molecule has 1 atom stereocenters. The van der Waals surface area contributed by atoms with Gasteiger partial charge in [-0.25, -0.2) is 0 Å². The molecule has 1 aromatic rings. The van der Waals surface area contributed by atoms with Crippen molar-refractivity contribution >= 4 is 28.9 Å². The smallest absolute Gasteiger partial charge is 0.271 e. The Morgan fingerprint density at radius 1 is 1.58 bits per heavy atom. The summed E-state index contributed by atoms with van der Waals surface area (Å²) in [5, 5.41) is 16.6. The van der Waals surface area contributed by atoms with Gasteiger partial charge in [-0.1, -0.05) is 11.6 Å². The fraction of sp³-hybridized carbons (Fsp3) is 0.417. The van der Waals surface area contributed by atoms with E-state index in [0.717, 1.165) is 19.5 Å². The van der Waals surface area contributed by atoms with Crippen LogP contribution in [-0.4, -0.2) is 23.9 Å². The Labute approximate surface area is 115 Å². The van der Waals surface area contributed by atoms with E-state index < -0.39 is 4.92 Å². The number of non-ortho nitro benzene ring substituents is 1. The number of hydrogen-bond acceptors (Lipinski definition) is 4. The highest BCUT2D eigenvalue weighted by Gasteiger charge is 2.19.